The van der Waals surface area contributed by atoms with E-state index in [2.05, 4.69) is 37.9 Å². The maximum Gasteiger partial charge on any atom is 0.309 e. The first-order valence-corrected chi connectivity index (χ1v) is 10.7. The van der Waals surface area contributed by atoms with Crippen LogP contribution in [0, 0.1) is 29.6 Å². The number of ether oxygens (including phenoxy) is 1. The average Bonchev–Trinajstić information content (AvgIpc) is 2.89. The smallest absolute Gasteiger partial charge is 0.309 e. The average molecular weight is 346 g/mol. The Morgan fingerprint density at radius 2 is 1.84 bits per heavy atom. The number of rotatable bonds is 2. The van der Waals surface area contributed by atoms with Gasteiger partial charge >= 0.3 is 5.97 Å². The van der Waals surface area contributed by atoms with E-state index >= 15 is 0 Å². The molecule has 25 heavy (non-hydrogen) atoms. The monoisotopic (exact) mass is 345 g/mol. The predicted molar refractivity (Wildman–Crippen MR) is 100 cm³/mol. The number of fused-ring (bicyclic) bond motifs is 2. The number of carbonyl (C=O) groups excluding carboxylic acids is 1. The Kier molecular flexibility index (Phi) is 4.96. The number of likely N-dealkylation sites (tertiary alicyclic amines) is 1. The van der Waals surface area contributed by atoms with Crippen LogP contribution in [0.2, 0.25) is 0 Å². The highest BCUT2D eigenvalue weighted by Gasteiger charge is 2.53. The van der Waals surface area contributed by atoms with Crippen LogP contribution in [-0.2, 0) is 9.53 Å². The maximum absolute atomic E-state index is 12.4. The van der Waals surface area contributed by atoms with Gasteiger partial charge in [0.05, 0.1) is 5.92 Å². The fourth-order valence-electron chi connectivity index (χ4n) is 6.43. The molecule has 4 rings (SSSR count). The summed E-state index contributed by atoms with van der Waals surface area (Å²) in [4.78, 5) is 14.9. The lowest BCUT2D eigenvalue weighted by Gasteiger charge is -2.46. The zero-order chi connectivity index (χ0) is 17.6. The third kappa shape index (κ3) is 3.18. The number of nitrogens with zero attached hydrogens (tertiary/aromatic N) is 1. The number of carbonyl (C=O) groups is 1. The largest absolute Gasteiger partial charge is 0.462 e. The van der Waals surface area contributed by atoms with Crippen LogP contribution in [0.3, 0.4) is 0 Å². The molecule has 8 atom stereocenters. The van der Waals surface area contributed by atoms with Crippen molar-refractivity contribution in [3.05, 3.63) is 12.2 Å². The van der Waals surface area contributed by atoms with Gasteiger partial charge in [-0.2, -0.15) is 0 Å². The van der Waals surface area contributed by atoms with Gasteiger partial charge in [0, 0.05) is 18.0 Å². The first-order chi connectivity index (χ1) is 12.1. The molecule has 4 fully saturated rings. The summed E-state index contributed by atoms with van der Waals surface area (Å²) in [6.07, 6.45) is 15.5. The van der Waals surface area contributed by atoms with Gasteiger partial charge in [0.1, 0.15) is 6.10 Å². The molecule has 2 saturated carbocycles. The summed E-state index contributed by atoms with van der Waals surface area (Å²) in [5.74, 6) is 2.71. The third-order valence-electron chi connectivity index (χ3n) is 7.97. The Morgan fingerprint density at radius 1 is 1.04 bits per heavy atom. The lowest BCUT2D eigenvalue weighted by molar-refractivity contribution is -0.144. The van der Waals surface area contributed by atoms with Gasteiger partial charge in [-0.05, 0) is 64.3 Å². The van der Waals surface area contributed by atoms with Crippen molar-refractivity contribution in [2.75, 3.05) is 7.05 Å². The number of hydrogen-bond donors (Lipinski definition) is 0. The summed E-state index contributed by atoms with van der Waals surface area (Å²) in [6.45, 7) is 4.47. The normalized spacial score (nSPS) is 48.2. The van der Waals surface area contributed by atoms with Crippen LogP contribution in [0.25, 0.3) is 0 Å². The Balaban J connectivity index is 1.57. The van der Waals surface area contributed by atoms with Gasteiger partial charge in [0.2, 0.25) is 0 Å². The molecule has 0 amide bonds. The summed E-state index contributed by atoms with van der Waals surface area (Å²) < 4.78 is 5.69. The second kappa shape index (κ2) is 7.06. The summed E-state index contributed by atoms with van der Waals surface area (Å²) in [7, 11) is 2.27. The van der Waals surface area contributed by atoms with Crippen molar-refractivity contribution >= 4 is 5.97 Å². The van der Waals surface area contributed by atoms with E-state index in [0.717, 1.165) is 18.3 Å². The molecule has 4 aliphatic rings. The lowest BCUT2D eigenvalue weighted by atomic mass is 9.57. The van der Waals surface area contributed by atoms with Crippen molar-refractivity contribution in [1.29, 1.82) is 0 Å². The van der Waals surface area contributed by atoms with Crippen LogP contribution >= 0.6 is 0 Å². The summed E-state index contributed by atoms with van der Waals surface area (Å²) >= 11 is 0. The van der Waals surface area contributed by atoms with E-state index in [1.54, 1.807) is 0 Å². The predicted octanol–water partition coefficient (Wildman–Crippen LogP) is 4.42. The molecule has 0 radical (unpaired) electrons. The van der Waals surface area contributed by atoms with E-state index < -0.39 is 0 Å². The Bertz CT molecular complexity index is 530. The molecule has 3 heteroatoms. The van der Waals surface area contributed by atoms with Crippen molar-refractivity contribution in [2.45, 2.75) is 83.4 Å². The highest BCUT2D eigenvalue weighted by atomic mass is 16.6. The van der Waals surface area contributed by atoms with Crippen LogP contribution in [0.5, 0.6) is 0 Å². The van der Waals surface area contributed by atoms with E-state index in [1.807, 2.05) is 0 Å². The van der Waals surface area contributed by atoms with Crippen LogP contribution in [0.1, 0.15) is 65.2 Å². The van der Waals surface area contributed by atoms with Gasteiger partial charge in [-0.25, -0.2) is 0 Å². The number of allylic oxidation sites excluding steroid dienone is 1. The molecular weight excluding hydrogens is 310 g/mol. The molecular formula is C22H35NO2. The van der Waals surface area contributed by atoms with Crippen LogP contribution in [0.15, 0.2) is 12.2 Å². The number of piperidine rings is 1. The number of esters is 1. The Labute approximate surface area is 153 Å². The van der Waals surface area contributed by atoms with Crippen molar-refractivity contribution in [3.8, 4) is 0 Å². The standard InChI is InChI=1S/C22H35NO2/c1-14-7-6-9-17(23(14)3)11-12-19-18-10-5-4-8-16(18)13-20-21(19)15(2)25-22(20)24/h11-12,14-21H,4-10,13H2,1-3H3/b12-11+/t14-,15-,16+,17+,18?,19?,20-,21+/m0/s1. The van der Waals surface area contributed by atoms with E-state index in [4.69, 9.17) is 4.74 Å². The van der Waals surface area contributed by atoms with Gasteiger partial charge < -0.3 is 4.74 Å². The minimum atomic E-state index is 0.0864. The van der Waals surface area contributed by atoms with Gasteiger partial charge in [-0.1, -0.05) is 37.8 Å². The van der Waals surface area contributed by atoms with E-state index in [1.165, 1.54) is 44.9 Å². The topological polar surface area (TPSA) is 29.5 Å². The van der Waals surface area contributed by atoms with E-state index in [9.17, 15) is 4.79 Å². The molecule has 2 aliphatic carbocycles. The summed E-state index contributed by atoms with van der Waals surface area (Å²) in [6, 6.07) is 1.25. The highest BCUT2D eigenvalue weighted by molar-refractivity contribution is 5.75. The van der Waals surface area contributed by atoms with Crippen molar-refractivity contribution < 1.29 is 9.53 Å². The summed E-state index contributed by atoms with van der Waals surface area (Å²) in [5.41, 5.74) is 0. The second-order valence-corrected chi connectivity index (χ2v) is 9.24. The second-order valence-electron chi connectivity index (χ2n) is 9.24. The minimum absolute atomic E-state index is 0.0864. The minimum Gasteiger partial charge on any atom is -0.462 e. The molecule has 2 heterocycles. The molecule has 0 N–H and O–H groups in total. The van der Waals surface area contributed by atoms with Crippen LogP contribution < -0.4 is 0 Å². The molecule has 0 bridgehead atoms. The van der Waals surface area contributed by atoms with Crippen LogP contribution in [0.4, 0.5) is 0 Å². The fraction of sp³-hybridized carbons (Fsp3) is 0.864. The quantitative estimate of drug-likeness (QED) is 0.548. The fourth-order valence-corrected chi connectivity index (χ4v) is 6.43. The number of likely N-dealkylation sites (N-methyl/N-ethyl adjacent to an activating group) is 1. The van der Waals surface area contributed by atoms with Crippen LogP contribution in [-0.4, -0.2) is 36.1 Å². The molecule has 140 valence electrons. The summed E-state index contributed by atoms with van der Waals surface area (Å²) in [5, 5.41) is 0. The molecule has 0 aromatic rings. The van der Waals surface area contributed by atoms with Crippen molar-refractivity contribution in [1.82, 2.24) is 4.90 Å². The highest BCUT2D eigenvalue weighted by Crippen LogP contribution is 2.53. The van der Waals surface area contributed by atoms with Crippen molar-refractivity contribution in [2.24, 2.45) is 29.6 Å². The van der Waals surface area contributed by atoms with Gasteiger partial charge in [0.15, 0.2) is 0 Å². The van der Waals surface area contributed by atoms with Gasteiger partial charge in [-0.15, -0.1) is 0 Å². The molecule has 2 aliphatic heterocycles. The zero-order valence-corrected chi connectivity index (χ0v) is 16.2. The SMILES string of the molecule is C[C@@H]1OC(=O)[C@H]2C[C@H]3CCCCC3C(/C=C/[C@H]3CCC[C@H](C)N3C)[C@@H]12. The van der Waals surface area contributed by atoms with E-state index in [0.29, 0.717) is 23.9 Å². The number of hydrogen-bond acceptors (Lipinski definition) is 3. The zero-order valence-electron chi connectivity index (χ0n) is 16.2. The third-order valence-corrected chi connectivity index (χ3v) is 7.97. The Morgan fingerprint density at radius 3 is 2.68 bits per heavy atom. The van der Waals surface area contributed by atoms with Gasteiger partial charge in [0.25, 0.3) is 0 Å². The number of cyclic esters (lactones) is 1. The van der Waals surface area contributed by atoms with Gasteiger partial charge in [-0.3, -0.25) is 9.69 Å². The lowest BCUT2D eigenvalue weighted by Crippen LogP contribution is -2.44. The molecule has 2 saturated heterocycles. The Hall–Kier alpha value is -0.830. The first-order valence-electron chi connectivity index (χ1n) is 10.7. The molecule has 0 aromatic carbocycles. The first kappa shape index (κ1) is 17.6. The molecule has 0 spiro atoms. The van der Waals surface area contributed by atoms with E-state index in [-0.39, 0.29) is 18.0 Å². The molecule has 0 aromatic heterocycles. The molecule has 2 unspecified atom stereocenters. The van der Waals surface area contributed by atoms with Crippen molar-refractivity contribution in [3.63, 3.8) is 0 Å². The maximum atomic E-state index is 12.4. The molecule has 3 nitrogen and oxygen atoms in total.